The summed E-state index contributed by atoms with van der Waals surface area (Å²) in [4.78, 5) is 9.87. The first-order chi connectivity index (χ1) is 5.38. The van der Waals surface area contributed by atoms with Gasteiger partial charge in [-0.3, -0.25) is 4.79 Å². The Labute approximate surface area is 67.2 Å². The smallest absolute Gasteiger partial charge is 0.142 e. The highest BCUT2D eigenvalue weighted by Gasteiger charge is 2.35. The summed E-state index contributed by atoms with van der Waals surface area (Å²) in [6, 6.07) is 0. The molecule has 0 bridgehead atoms. The van der Waals surface area contributed by atoms with Crippen LogP contribution in [-0.4, -0.2) is 18.5 Å². The normalized spacial score (nSPS) is 29.2. The van der Waals surface area contributed by atoms with Crippen molar-refractivity contribution in [1.82, 2.24) is 0 Å². The SMILES string of the molecule is CCC1OC1CC/C=C\C=O. The molecular formula is C9H14O2. The highest BCUT2D eigenvalue weighted by molar-refractivity contribution is 5.64. The van der Waals surface area contributed by atoms with E-state index in [1.165, 1.54) is 0 Å². The van der Waals surface area contributed by atoms with Gasteiger partial charge < -0.3 is 4.74 Å². The van der Waals surface area contributed by atoms with Crippen LogP contribution in [0, 0.1) is 0 Å². The van der Waals surface area contributed by atoms with Gasteiger partial charge >= 0.3 is 0 Å². The second kappa shape index (κ2) is 4.29. The molecule has 2 heteroatoms. The Morgan fingerprint density at radius 3 is 2.82 bits per heavy atom. The van der Waals surface area contributed by atoms with Crippen LogP contribution in [-0.2, 0) is 9.53 Å². The Hall–Kier alpha value is -0.630. The summed E-state index contributed by atoms with van der Waals surface area (Å²) in [6.07, 6.45) is 8.34. The Bertz CT molecular complexity index is 152. The monoisotopic (exact) mass is 154 g/mol. The van der Waals surface area contributed by atoms with Crippen molar-refractivity contribution in [1.29, 1.82) is 0 Å². The van der Waals surface area contributed by atoms with Crippen LogP contribution in [0.15, 0.2) is 12.2 Å². The number of allylic oxidation sites excluding steroid dienone is 2. The van der Waals surface area contributed by atoms with Crippen LogP contribution in [0.4, 0.5) is 0 Å². The zero-order chi connectivity index (χ0) is 8.10. The fourth-order valence-corrected chi connectivity index (χ4v) is 1.20. The number of ether oxygens (including phenoxy) is 1. The van der Waals surface area contributed by atoms with Crippen LogP contribution in [0.5, 0.6) is 0 Å². The van der Waals surface area contributed by atoms with Crippen molar-refractivity contribution < 1.29 is 9.53 Å². The van der Waals surface area contributed by atoms with Crippen molar-refractivity contribution >= 4 is 6.29 Å². The molecule has 11 heavy (non-hydrogen) atoms. The molecule has 1 saturated heterocycles. The first-order valence-corrected chi connectivity index (χ1v) is 4.14. The molecule has 0 amide bonds. The zero-order valence-corrected chi connectivity index (χ0v) is 6.82. The van der Waals surface area contributed by atoms with E-state index in [4.69, 9.17) is 4.74 Å². The van der Waals surface area contributed by atoms with Gasteiger partial charge in [-0.05, 0) is 25.3 Å². The highest BCUT2D eigenvalue weighted by Crippen LogP contribution is 2.28. The summed E-state index contributed by atoms with van der Waals surface area (Å²) in [7, 11) is 0. The summed E-state index contributed by atoms with van der Waals surface area (Å²) in [5, 5.41) is 0. The Morgan fingerprint density at radius 1 is 1.45 bits per heavy atom. The number of carbonyl (C=O) groups is 1. The minimum Gasteiger partial charge on any atom is -0.370 e. The Morgan fingerprint density at radius 2 is 2.27 bits per heavy atom. The maximum Gasteiger partial charge on any atom is 0.142 e. The molecule has 2 atom stereocenters. The third kappa shape index (κ3) is 2.85. The van der Waals surface area contributed by atoms with Crippen molar-refractivity contribution in [2.45, 2.75) is 38.4 Å². The lowest BCUT2D eigenvalue weighted by atomic mass is 10.1. The molecule has 0 aromatic carbocycles. The molecule has 0 aromatic rings. The summed E-state index contributed by atoms with van der Waals surface area (Å²) in [5.74, 6) is 0. The lowest BCUT2D eigenvalue weighted by Crippen LogP contribution is -1.90. The number of hydrogen-bond acceptors (Lipinski definition) is 2. The molecular weight excluding hydrogens is 140 g/mol. The lowest BCUT2D eigenvalue weighted by Gasteiger charge is -1.86. The highest BCUT2D eigenvalue weighted by atomic mass is 16.6. The van der Waals surface area contributed by atoms with E-state index in [9.17, 15) is 4.79 Å². The molecule has 0 saturated carbocycles. The number of carbonyl (C=O) groups excluding carboxylic acids is 1. The third-order valence-electron chi connectivity index (χ3n) is 1.92. The predicted molar refractivity (Wildman–Crippen MR) is 43.4 cm³/mol. The van der Waals surface area contributed by atoms with Crippen LogP contribution in [0.25, 0.3) is 0 Å². The van der Waals surface area contributed by atoms with E-state index in [0.717, 1.165) is 25.5 Å². The van der Waals surface area contributed by atoms with Crippen molar-refractivity contribution in [2.24, 2.45) is 0 Å². The van der Waals surface area contributed by atoms with E-state index in [1.807, 2.05) is 6.08 Å². The van der Waals surface area contributed by atoms with Crippen LogP contribution in [0.1, 0.15) is 26.2 Å². The topological polar surface area (TPSA) is 29.6 Å². The average molecular weight is 154 g/mol. The second-order valence-electron chi connectivity index (χ2n) is 2.76. The molecule has 1 rings (SSSR count). The van der Waals surface area contributed by atoms with Crippen LogP contribution in [0.2, 0.25) is 0 Å². The van der Waals surface area contributed by atoms with Gasteiger partial charge in [0.15, 0.2) is 0 Å². The minimum absolute atomic E-state index is 0.469. The standard InChI is InChI=1S/C9H14O2/c1-2-8-9(11-8)6-4-3-5-7-10/h3,5,7-9H,2,4,6H2,1H3/b5-3-. The third-order valence-corrected chi connectivity index (χ3v) is 1.92. The molecule has 0 spiro atoms. The summed E-state index contributed by atoms with van der Waals surface area (Å²) < 4.78 is 5.32. The van der Waals surface area contributed by atoms with Gasteiger partial charge in [-0.15, -0.1) is 0 Å². The molecule has 0 N–H and O–H groups in total. The number of hydrogen-bond donors (Lipinski definition) is 0. The van der Waals surface area contributed by atoms with Crippen molar-refractivity contribution in [3.8, 4) is 0 Å². The zero-order valence-electron chi connectivity index (χ0n) is 6.82. The largest absolute Gasteiger partial charge is 0.370 e. The summed E-state index contributed by atoms with van der Waals surface area (Å²) in [6.45, 7) is 2.13. The molecule has 2 nitrogen and oxygen atoms in total. The van der Waals surface area contributed by atoms with E-state index in [-0.39, 0.29) is 0 Å². The Kier molecular flexibility index (Phi) is 3.30. The quantitative estimate of drug-likeness (QED) is 0.342. The first kappa shape index (κ1) is 8.47. The fourth-order valence-electron chi connectivity index (χ4n) is 1.20. The first-order valence-electron chi connectivity index (χ1n) is 4.14. The molecule has 0 radical (unpaired) electrons. The van der Waals surface area contributed by atoms with Gasteiger partial charge in [-0.25, -0.2) is 0 Å². The molecule has 2 unspecified atom stereocenters. The predicted octanol–water partition coefficient (Wildman–Crippen LogP) is 1.70. The number of aldehydes is 1. The van der Waals surface area contributed by atoms with Crippen LogP contribution >= 0.6 is 0 Å². The van der Waals surface area contributed by atoms with E-state index in [1.54, 1.807) is 6.08 Å². The van der Waals surface area contributed by atoms with Gasteiger partial charge in [0.05, 0.1) is 12.2 Å². The van der Waals surface area contributed by atoms with Gasteiger partial charge in [-0.1, -0.05) is 13.0 Å². The summed E-state index contributed by atoms with van der Waals surface area (Å²) >= 11 is 0. The van der Waals surface area contributed by atoms with Crippen molar-refractivity contribution in [2.75, 3.05) is 0 Å². The average Bonchev–Trinajstić information content (AvgIpc) is 2.77. The van der Waals surface area contributed by atoms with E-state index >= 15 is 0 Å². The lowest BCUT2D eigenvalue weighted by molar-refractivity contribution is -0.104. The van der Waals surface area contributed by atoms with Crippen molar-refractivity contribution in [3.63, 3.8) is 0 Å². The molecule has 1 heterocycles. The maximum atomic E-state index is 9.87. The molecule has 0 aliphatic carbocycles. The van der Waals surface area contributed by atoms with E-state index in [0.29, 0.717) is 12.2 Å². The second-order valence-corrected chi connectivity index (χ2v) is 2.76. The van der Waals surface area contributed by atoms with Gasteiger partial charge in [-0.2, -0.15) is 0 Å². The molecule has 62 valence electrons. The van der Waals surface area contributed by atoms with Gasteiger partial charge in [0.2, 0.25) is 0 Å². The molecule has 1 aliphatic heterocycles. The fraction of sp³-hybridized carbons (Fsp3) is 0.667. The Balaban J connectivity index is 1.97. The summed E-state index contributed by atoms with van der Waals surface area (Å²) in [5.41, 5.74) is 0. The van der Waals surface area contributed by atoms with Gasteiger partial charge in [0.25, 0.3) is 0 Å². The molecule has 1 aliphatic rings. The number of epoxide rings is 1. The van der Waals surface area contributed by atoms with Crippen LogP contribution in [0.3, 0.4) is 0 Å². The van der Waals surface area contributed by atoms with Gasteiger partial charge in [0.1, 0.15) is 6.29 Å². The van der Waals surface area contributed by atoms with E-state index in [2.05, 4.69) is 6.92 Å². The molecule has 1 fully saturated rings. The van der Waals surface area contributed by atoms with Gasteiger partial charge in [0, 0.05) is 0 Å². The minimum atomic E-state index is 0.469. The molecule has 0 aromatic heterocycles. The van der Waals surface area contributed by atoms with E-state index < -0.39 is 0 Å². The maximum absolute atomic E-state index is 9.87. The van der Waals surface area contributed by atoms with Crippen molar-refractivity contribution in [3.05, 3.63) is 12.2 Å². The number of rotatable bonds is 5. The van der Waals surface area contributed by atoms with Crippen LogP contribution < -0.4 is 0 Å².